The molecule has 23 heavy (non-hydrogen) atoms. The highest BCUT2D eigenvalue weighted by Gasteiger charge is 2.10. The Labute approximate surface area is 141 Å². The fourth-order valence-corrected chi connectivity index (χ4v) is 2.68. The molecular weight excluding hydrogens is 288 g/mol. The van der Waals surface area contributed by atoms with Crippen LogP contribution in [-0.4, -0.2) is 36.0 Å². The molecule has 0 saturated carbocycles. The van der Waals surface area contributed by atoms with Gasteiger partial charge in [0.2, 0.25) is 0 Å². The molecule has 1 saturated heterocycles. The van der Waals surface area contributed by atoms with Crippen molar-refractivity contribution in [1.29, 1.82) is 5.26 Å². The van der Waals surface area contributed by atoms with Crippen LogP contribution >= 0.6 is 0 Å². The number of ether oxygens (including phenoxy) is 1. The molecule has 1 N–H and O–H groups in total. The Balaban J connectivity index is 2.22. The van der Waals surface area contributed by atoms with Crippen molar-refractivity contribution in [3.8, 4) is 6.07 Å². The van der Waals surface area contributed by atoms with Crippen molar-refractivity contribution in [1.82, 2.24) is 4.90 Å². The van der Waals surface area contributed by atoms with Gasteiger partial charge in [0.05, 0.1) is 12.2 Å². The molecule has 130 valence electrons. The highest BCUT2D eigenvalue weighted by atomic mass is 16.6. The third-order valence-electron chi connectivity index (χ3n) is 4.13. The molecule has 0 bridgehead atoms. The summed E-state index contributed by atoms with van der Waals surface area (Å²) in [6.45, 7) is 4.85. The second kappa shape index (κ2) is 13.2. The first kappa shape index (κ1) is 19.7. The van der Waals surface area contributed by atoms with Crippen molar-refractivity contribution in [2.75, 3.05) is 19.7 Å². The minimum atomic E-state index is -1.11. The number of hydrogen-bond acceptors (Lipinski definition) is 4. The third-order valence-corrected chi connectivity index (χ3v) is 4.13. The van der Waals surface area contributed by atoms with E-state index in [1.54, 1.807) is 6.08 Å². The van der Waals surface area contributed by atoms with Crippen LogP contribution in [0.4, 0.5) is 0 Å². The largest absolute Gasteiger partial charge is 0.377 e. The lowest BCUT2D eigenvalue weighted by molar-refractivity contribution is -0.0703. The van der Waals surface area contributed by atoms with Crippen LogP contribution in [0.15, 0.2) is 23.9 Å². The summed E-state index contributed by atoms with van der Waals surface area (Å²) in [5, 5.41) is 19.1. The number of likely N-dealkylation sites (tertiary alicyclic amines) is 1. The standard InChI is InChI=1S/C19H32N2O2/c1-2-3-4-5-6-10-16-23-19(22)18(17-20)12-11-15-21-13-8-7-9-14-21/h11-12,15,19,22H,2-10,13-14,16H2,1H3. The predicted octanol–water partition coefficient (Wildman–Crippen LogP) is 4.13. The zero-order chi connectivity index (χ0) is 16.8. The predicted molar refractivity (Wildman–Crippen MR) is 93.6 cm³/mol. The van der Waals surface area contributed by atoms with E-state index in [1.807, 2.05) is 18.3 Å². The molecule has 1 atom stereocenters. The van der Waals surface area contributed by atoms with Gasteiger partial charge in [-0.05, 0) is 44.0 Å². The van der Waals surface area contributed by atoms with Crippen molar-refractivity contribution < 1.29 is 9.84 Å². The molecule has 0 aliphatic carbocycles. The van der Waals surface area contributed by atoms with Crippen LogP contribution in [0.3, 0.4) is 0 Å². The first-order valence-electron chi connectivity index (χ1n) is 9.10. The Morgan fingerprint density at radius 3 is 2.57 bits per heavy atom. The van der Waals surface area contributed by atoms with E-state index < -0.39 is 6.29 Å². The Morgan fingerprint density at radius 2 is 1.87 bits per heavy atom. The van der Waals surface area contributed by atoms with E-state index in [0.29, 0.717) is 6.61 Å². The van der Waals surface area contributed by atoms with Gasteiger partial charge in [-0.3, -0.25) is 0 Å². The van der Waals surface area contributed by atoms with Gasteiger partial charge in [0, 0.05) is 13.1 Å². The Bertz CT molecular complexity index is 393. The number of hydrogen-bond donors (Lipinski definition) is 1. The zero-order valence-electron chi connectivity index (χ0n) is 14.5. The van der Waals surface area contributed by atoms with E-state index in [2.05, 4.69) is 11.8 Å². The summed E-state index contributed by atoms with van der Waals surface area (Å²) in [4.78, 5) is 2.25. The van der Waals surface area contributed by atoms with Crippen molar-refractivity contribution in [3.05, 3.63) is 23.9 Å². The van der Waals surface area contributed by atoms with Crippen molar-refractivity contribution >= 4 is 0 Å². The number of rotatable bonds is 11. The molecule has 4 heteroatoms. The molecule has 4 nitrogen and oxygen atoms in total. The highest BCUT2D eigenvalue weighted by molar-refractivity contribution is 5.27. The topological polar surface area (TPSA) is 56.5 Å². The molecule has 0 amide bonds. The molecule has 0 radical (unpaired) electrons. The number of nitrogens with zero attached hydrogens (tertiary/aromatic N) is 2. The molecule has 0 spiro atoms. The summed E-state index contributed by atoms with van der Waals surface area (Å²) >= 11 is 0. The van der Waals surface area contributed by atoms with Crippen LogP contribution in [-0.2, 0) is 4.74 Å². The average molecular weight is 320 g/mol. The maximum absolute atomic E-state index is 9.93. The number of piperidine rings is 1. The molecule has 1 fully saturated rings. The second-order valence-electron chi connectivity index (χ2n) is 6.16. The van der Waals surface area contributed by atoms with E-state index in [9.17, 15) is 5.11 Å². The lowest BCUT2D eigenvalue weighted by Gasteiger charge is -2.24. The minimum absolute atomic E-state index is 0.268. The van der Waals surface area contributed by atoms with Crippen LogP contribution in [0, 0.1) is 11.3 Å². The summed E-state index contributed by atoms with van der Waals surface area (Å²) in [7, 11) is 0. The van der Waals surface area contributed by atoms with Crippen LogP contribution in [0.1, 0.15) is 64.7 Å². The lowest BCUT2D eigenvalue weighted by Crippen LogP contribution is -2.24. The van der Waals surface area contributed by atoms with Crippen molar-refractivity contribution in [2.45, 2.75) is 71.0 Å². The highest BCUT2D eigenvalue weighted by Crippen LogP contribution is 2.10. The molecule has 1 aliphatic rings. The smallest absolute Gasteiger partial charge is 0.191 e. The minimum Gasteiger partial charge on any atom is -0.377 e. The fourth-order valence-electron chi connectivity index (χ4n) is 2.68. The summed E-state index contributed by atoms with van der Waals surface area (Å²) in [5.41, 5.74) is 0.268. The molecular formula is C19H32N2O2. The van der Waals surface area contributed by atoms with E-state index >= 15 is 0 Å². The monoisotopic (exact) mass is 320 g/mol. The zero-order valence-corrected chi connectivity index (χ0v) is 14.5. The molecule has 1 heterocycles. The second-order valence-corrected chi connectivity index (χ2v) is 6.16. The first-order valence-corrected chi connectivity index (χ1v) is 9.10. The first-order chi connectivity index (χ1) is 11.3. The maximum Gasteiger partial charge on any atom is 0.191 e. The van der Waals surface area contributed by atoms with Gasteiger partial charge in [-0.2, -0.15) is 5.26 Å². The van der Waals surface area contributed by atoms with Crippen LogP contribution < -0.4 is 0 Å². The van der Waals surface area contributed by atoms with Crippen LogP contribution in [0.2, 0.25) is 0 Å². The van der Waals surface area contributed by atoms with Gasteiger partial charge in [0.25, 0.3) is 0 Å². The summed E-state index contributed by atoms with van der Waals surface area (Å²) in [5.74, 6) is 0. The average Bonchev–Trinajstić information content (AvgIpc) is 2.58. The Hall–Kier alpha value is -1.31. The van der Waals surface area contributed by atoms with Gasteiger partial charge < -0.3 is 14.7 Å². The summed E-state index contributed by atoms with van der Waals surface area (Å²) in [6, 6.07) is 2.02. The van der Waals surface area contributed by atoms with Gasteiger partial charge in [-0.15, -0.1) is 0 Å². The van der Waals surface area contributed by atoms with Gasteiger partial charge >= 0.3 is 0 Å². The van der Waals surface area contributed by atoms with Crippen molar-refractivity contribution in [3.63, 3.8) is 0 Å². The Kier molecular flexibility index (Phi) is 11.3. The molecule has 0 aromatic carbocycles. The Morgan fingerprint density at radius 1 is 1.17 bits per heavy atom. The normalized spacial score (nSPS) is 17.4. The molecule has 1 unspecified atom stereocenters. The summed E-state index contributed by atoms with van der Waals surface area (Å²) < 4.78 is 5.36. The number of aliphatic hydroxyl groups excluding tert-OH is 1. The number of allylic oxidation sites excluding steroid dienone is 2. The number of aliphatic hydroxyl groups is 1. The maximum atomic E-state index is 9.93. The van der Waals surface area contributed by atoms with E-state index in [-0.39, 0.29) is 5.57 Å². The van der Waals surface area contributed by atoms with Crippen LogP contribution in [0.5, 0.6) is 0 Å². The third kappa shape index (κ3) is 9.43. The number of unbranched alkanes of at least 4 members (excludes halogenated alkanes) is 5. The van der Waals surface area contributed by atoms with Gasteiger partial charge in [0.15, 0.2) is 6.29 Å². The van der Waals surface area contributed by atoms with E-state index in [0.717, 1.165) is 25.9 Å². The quantitative estimate of drug-likeness (QED) is 0.269. The van der Waals surface area contributed by atoms with E-state index in [1.165, 1.54) is 44.9 Å². The number of nitriles is 1. The van der Waals surface area contributed by atoms with E-state index in [4.69, 9.17) is 10.00 Å². The fraction of sp³-hybridized carbons (Fsp3) is 0.737. The SMILES string of the molecule is CCCCCCCCOC(O)C(C#N)=CC=CN1CCCCC1. The van der Waals surface area contributed by atoms with Gasteiger partial charge in [-0.1, -0.05) is 39.0 Å². The van der Waals surface area contributed by atoms with Crippen LogP contribution in [0.25, 0.3) is 0 Å². The summed E-state index contributed by atoms with van der Waals surface area (Å²) in [6.07, 6.45) is 15.2. The van der Waals surface area contributed by atoms with Gasteiger partial charge in [0.1, 0.15) is 6.07 Å². The molecule has 0 aromatic heterocycles. The van der Waals surface area contributed by atoms with Gasteiger partial charge in [-0.25, -0.2) is 0 Å². The molecule has 1 aliphatic heterocycles. The lowest BCUT2D eigenvalue weighted by atomic mass is 10.1. The molecule has 0 aromatic rings. The van der Waals surface area contributed by atoms with Crippen molar-refractivity contribution in [2.24, 2.45) is 0 Å². The molecule has 1 rings (SSSR count).